The van der Waals surface area contributed by atoms with Gasteiger partial charge >= 0.3 is 0 Å². The predicted octanol–water partition coefficient (Wildman–Crippen LogP) is 6.51. The molecule has 3 aromatic carbocycles. The molecule has 0 saturated heterocycles. The minimum atomic E-state index is -4.09. The fraction of sp³-hybridized carbons (Fsp3) is 0.296. The van der Waals surface area contributed by atoms with Crippen molar-refractivity contribution in [3.8, 4) is 5.75 Å². The zero-order chi connectivity index (χ0) is 26.6. The molecule has 36 heavy (non-hydrogen) atoms. The smallest absolute Gasteiger partial charge is 0.264 e. The molecule has 0 spiro atoms. The number of nitrogens with one attached hydrogen (secondary N) is 1. The Balaban J connectivity index is 1.94. The molecule has 1 atom stereocenters. The van der Waals surface area contributed by atoms with E-state index in [0.29, 0.717) is 5.02 Å². The highest BCUT2D eigenvalue weighted by molar-refractivity contribution is 7.92. The van der Waals surface area contributed by atoms with Crippen LogP contribution >= 0.6 is 23.2 Å². The van der Waals surface area contributed by atoms with Crippen LogP contribution in [-0.4, -0.2) is 28.0 Å². The maximum atomic E-state index is 13.5. The first kappa shape index (κ1) is 27.8. The van der Waals surface area contributed by atoms with Crippen LogP contribution in [0.4, 0.5) is 5.69 Å². The van der Waals surface area contributed by atoms with Gasteiger partial charge in [-0.1, -0.05) is 55.2 Å². The quantitative estimate of drug-likeness (QED) is 0.330. The second-order valence-corrected chi connectivity index (χ2v) is 11.5. The Morgan fingerprint density at radius 1 is 1.00 bits per heavy atom. The van der Waals surface area contributed by atoms with Gasteiger partial charge in [-0.25, -0.2) is 8.42 Å². The molecule has 0 fully saturated rings. The number of methoxy groups -OCH3 is 1. The van der Waals surface area contributed by atoms with E-state index in [1.165, 1.54) is 30.3 Å². The second-order valence-electron chi connectivity index (χ2n) is 8.82. The molecule has 0 radical (unpaired) electrons. The molecule has 1 amide bonds. The van der Waals surface area contributed by atoms with Crippen LogP contribution in [0.1, 0.15) is 49.4 Å². The number of nitrogens with zero attached hydrogens (tertiary/aromatic N) is 1. The molecule has 0 bridgehead atoms. The van der Waals surface area contributed by atoms with E-state index < -0.39 is 22.5 Å². The number of carbonyl (C=O) groups excluding carboxylic acids is 1. The summed E-state index contributed by atoms with van der Waals surface area (Å²) in [5.74, 6) is 0.539. The molecule has 0 aliphatic rings. The van der Waals surface area contributed by atoms with Gasteiger partial charge in [-0.3, -0.25) is 9.10 Å². The summed E-state index contributed by atoms with van der Waals surface area (Å²) in [5.41, 5.74) is 3.07. The third kappa shape index (κ3) is 6.14. The van der Waals surface area contributed by atoms with Crippen LogP contribution in [0.3, 0.4) is 0 Å². The van der Waals surface area contributed by atoms with Gasteiger partial charge in [-0.05, 0) is 78.9 Å². The maximum absolute atomic E-state index is 13.5. The van der Waals surface area contributed by atoms with Crippen LogP contribution in [0.25, 0.3) is 0 Å². The fourth-order valence-electron chi connectivity index (χ4n) is 4.01. The summed E-state index contributed by atoms with van der Waals surface area (Å²) in [6.07, 6.45) is 0. The summed E-state index contributed by atoms with van der Waals surface area (Å²) in [6, 6.07) is 16.0. The average molecular weight is 550 g/mol. The Hall–Kier alpha value is -2.74. The van der Waals surface area contributed by atoms with E-state index >= 15 is 0 Å². The Kier molecular flexibility index (Phi) is 8.93. The van der Waals surface area contributed by atoms with E-state index in [0.717, 1.165) is 26.7 Å². The third-order valence-electron chi connectivity index (χ3n) is 5.88. The fourth-order valence-corrected chi connectivity index (χ4v) is 6.03. The molecule has 0 saturated carbocycles. The molecule has 0 heterocycles. The van der Waals surface area contributed by atoms with Gasteiger partial charge in [0.2, 0.25) is 5.91 Å². The van der Waals surface area contributed by atoms with Crippen molar-refractivity contribution in [3.63, 3.8) is 0 Å². The van der Waals surface area contributed by atoms with E-state index in [4.69, 9.17) is 27.9 Å². The van der Waals surface area contributed by atoms with E-state index in [9.17, 15) is 13.2 Å². The number of aryl methyl sites for hydroxylation is 1. The van der Waals surface area contributed by atoms with E-state index in [1.54, 1.807) is 25.3 Å². The number of sulfonamides is 1. The molecule has 0 unspecified atom stereocenters. The lowest BCUT2D eigenvalue weighted by molar-refractivity contribution is -0.120. The van der Waals surface area contributed by atoms with Crippen molar-refractivity contribution < 1.29 is 17.9 Å². The number of ether oxygens (including phenoxy) is 1. The molecule has 0 aliphatic carbocycles. The number of amides is 1. The number of carbonyl (C=O) groups is 1. The lowest BCUT2D eigenvalue weighted by Gasteiger charge is -2.26. The highest BCUT2D eigenvalue weighted by Gasteiger charge is 2.29. The molecule has 9 heteroatoms. The van der Waals surface area contributed by atoms with Gasteiger partial charge in [-0.2, -0.15) is 0 Å². The number of hydrogen-bond acceptors (Lipinski definition) is 4. The molecule has 1 N–H and O–H groups in total. The molecule has 3 aromatic rings. The van der Waals surface area contributed by atoms with Gasteiger partial charge in [0.05, 0.1) is 28.8 Å². The number of anilines is 1. The summed E-state index contributed by atoms with van der Waals surface area (Å²) in [4.78, 5) is 13.3. The largest absolute Gasteiger partial charge is 0.496 e. The van der Waals surface area contributed by atoms with Crippen LogP contribution in [-0.2, 0) is 14.8 Å². The molecule has 0 aromatic heterocycles. The first-order valence-corrected chi connectivity index (χ1v) is 13.7. The van der Waals surface area contributed by atoms with Gasteiger partial charge in [0.25, 0.3) is 10.0 Å². The van der Waals surface area contributed by atoms with E-state index in [1.807, 2.05) is 26.0 Å². The Bertz CT molecular complexity index is 1350. The minimum Gasteiger partial charge on any atom is -0.496 e. The molecule has 6 nitrogen and oxygen atoms in total. The monoisotopic (exact) mass is 548 g/mol. The topological polar surface area (TPSA) is 75.7 Å². The third-order valence-corrected chi connectivity index (χ3v) is 8.19. The summed E-state index contributed by atoms with van der Waals surface area (Å²) in [5, 5.41) is 3.42. The van der Waals surface area contributed by atoms with Crippen LogP contribution in [0.15, 0.2) is 65.6 Å². The van der Waals surface area contributed by atoms with Crippen molar-refractivity contribution in [2.24, 2.45) is 0 Å². The predicted molar refractivity (Wildman–Crippen MR) is 146 cm³/mol. The molecular weight excluding hydrogens is 519 g/mol. The van der Waals surface area contributed by atoms with Crippen LogP contribution < -0.4 is 14.4 Å². The van der Waals surface area contributed by atoms with Gasteiger partial charge in [0.1, 0.15) is 12.3 Å². The first-order chi connectivity index (χ1) is 16.9. The number of benzene rings is 3. The second kappa shape index (κ2) is 11.5. The SMILES string of the molecule is COc1cc(C)c([C@@H](C)NC(=O)CN(c2ccc(Cl)cc2Cl)S(=O)(=O)c2ccccc2)cc1C(C)C. The zero-order valence-corrected chi connectivity index (χ0v) is 23.2. The summed E-state index contributed by atoms with van der Waals surface area (Å²) in [7, 11) is -2.46. The standard InChI is InChI=1S/C27H30Cl2N2O4S/c1-17(2)22-15-23(18(3)13-26(22)35-5)19(4)30-27(32)16-31(25-12-11-20(28)14-24(25)29)36(33,34)21-9-7-6-8-10-21/h6-15,17,19H,16H2,1-5H3,(H,30,32)/t19-/m1/s1. The minimum absolute atomic E-state index is 0.0458. The number of halogens is 2. The summed E-state index contributed by atoms with van der Waals surface area (Å²) >= 11 is 12.4. The molecule has 0 aliphatic heterocycles. The highest BCUT2D eigenvalue weighted by Crippen LogP contribution is 2.34. The Morgan fingerprint density at radius 3 is 2.25 bits per heavy atom. The van der Waals surface area contributed by atoms with Crippen molar-refractivity contribution in [2.75, 3.05) is 18.0 Å². The highest BCUT2D eigenvalue weighted by atomic mass is 35.5. The number of hydrogen-bond donors (Lipinski definition) is 1. The van der Waals surface area contributed by atoms with Gasteiger partial charge in [0, 0.05) is 5.02 Å². The number of rotatable bonds is 9. The van der Waals surface area contributed by atoms with Crippen molar-refractivity contribution >= 4 is 44.8 Å². The normalized spacial score (nSPS) is 12.3. The lowest BCUT2D eigenvalue weighted by Crippen LogP contribution is -2.41. The molecular formula is C27H30Cl2N2O4S. The van der Waals surface area contributed by atoms with Gasteiger partial charge in [0.15, 0.2) is 0 Å². The molecule has 3 rings (SSSR count). The van der Waals surface area contributed by atoms with Crippen LogP contribution in [0, 0.1) is 6.92 Å². The lowest BCUT2D eigenvalue weighted by atomic mass is 9.93. The van der Waals surface area contributed by atoms with Crippen LogP contribution in [0.2, 0.25) is 10.0 Å². The Morgan fingerprint density at radius 2 is 1.67 bits per heavy atom. The van der Waals surface area contributed by atoms with Crippen molar-refractivity contribution in [2.45, 2.75) is 44.6 Å². The molecule has 192 valence electrons. The Labute approximate surface area is 223 Å². The van der Waals surface area contributed by atoms with Crippen LogP contribution in [0.5, 0.6) is 5.75 Å². The average Bonchev–Trinajstić information content (AvgIpc) is 2.82. The zero-order valence-electron chi connectivity index (χ0n) is 20.9. The van der Waals surface area contributed by atoms with Crippen molar-refractivity contribution in [3.05, 3.63) is 87.4 Å². The van der Waals surface area contributed by atoms with Crippen molar-refractivity contribution in [1.82, 2.24) is 5.32 Å². The first-order valence-electron chi connectivity index (χ1n) is 11.5. The van der Waals surface area contributed by atoms with Crippen molar-refractivity contribution in [1.29, 1.82) is 0 Å². The van der Waals surface area contributed by atoms with E-state index in [2.05, 4.69) is 19.2 Å². The van der Waals surface area contributed by atoms with E-state index in [-0.39, 0.29) is 27.6 Å². The summed E-state index contributed by atoms with van der Waals surface area (Å²) < 4.78 is 33.6. The maximum Gasteiger partial charge on any atom is 0.264 e. The summed E-state index contributed by atoms with van der Waals surface area (Å²) in [6.45, 7) is 7.49. The van der Waals surface area contributed by atoms with Gasteiger partial charge in [-0.15, -0.1) is 0 Å². The van der Waals surface area contributed by atoms with Gasteiger partial charge < -0.3 is 10.1 Å².